The molecule has 5 heteroatoms. The number of halogens is 1. The third-order valence-corrected chi connectivity index (χ3v) is 5.48. The number of likely N-dealkylation sites (tertiary alicyclic amines) is 1. The van der Waals surface area contributed by atoms with Gasteiger partial charge in [-0.2, -0.15) is 0 Å². The summed E-state index contributed by atoms with van der Waals surface area (Å²) in [6, 6.07) is 14.6. The van der Waals surface area contributed by atoms with Crippen molar-refractivity contribution in [2.75, 3.05) is 0 Å². The van der Waals surface area contributed by atoms with Crippen LogP contribution in [0.15, 0.2) is 48.5 Å². The highest BCUT2D eigenvalue weighted by Crippen LogP contribution is 2.26. The first-order valence-electron chi connectivity index (χ1n) is 10.1. The Labute approximate surface area is 172 Å². The van der Waals surface area contributed by atoms with Gasteiger partial charge in [-0.3, -0.25) is 9.59 Å². The van der Waals surface area contributed by atoms with E-state index in [2.05, 4.69) is 50.4 Å². The highest BCUT2D eigenvalue weighted by molar-refractivity contribution is 5.82. The molecule has 154 valence electrons. The van der Waals surface area contributed by atoms with Gasteiger partial charge in [0.1, 0.15) is 5.82 Å². The molecular weight excluding hydrogens is 367 g/mol. The second-order valence-corrected chi connectivity index (χ2v) is 8.73. The standard InChI is InChI=1S/C24H29FN2O2/c1-24(2,3)19-10-8-17(9-11-19)16-27-20(12-13-23(27)29)14-22(28)26-15-18-6-4-5-7-21(18)25/h4-11,20H,12-16H2,1-3H3,(H,26,28). The van der Waals surface area contributed by atoms with Gasteiger partial charge < -0.3 is 10.2 Å². The fourth-order valence-electron chi connectivity index (χ4n) is 3.65. The van der Waals surface area contributed by atoms with Gasteiger partial charge in [-0.1, -0.05) is 63.2 Å². The van der Waals surface area contributed by atoms with Crippen LogP contribution in [-0.2, 0) is 28.1 Å². The molecule has 0 spiro atoms. The summed E-state index contributed by atoms with van der Waals surface area (Å²) in [5, 5.41) is 2.77. The largest absolute Gasteiger partial charge is 0.352 e. The fraction of sp³-hybridized carbons (Fsp3) is 0.417. The molecule has 2 amide bonds. The lowest BCUT2D eigenvalue weighted by atomic mass is 9.87. The minimum absolute atomic E-state index is 0.0804. The lowest BCUT2D eigenvalue weighted by Crippen LogP contribution is -2.37. The number of benzene rings is 2. The first-order valence-corrected chi connectivity index (χ1v) is 10.1. The Kier molecular flexibility index (Phi) is 6.36. The van der Waals surface area contributed by atoms with Crippen LogP contribution in [0.2, 0.25) is 0 Å². The molecule has 2 aromatic carbocycles. The summed E-state index contributed by atoms with van der Waals surface area (Å²) in [6.07, 6.45) is 1.37. The Hall–Kier alpha value is -2.69. The summed E-state index contributed by atoms with van der Waals surface area (Å²) in [6.45, 7) is 7.17. The fourth-order valence-corrected chi connectivity index (χ4v) is 3.65. The van der Waals surface area contributed by atoms with Crippen molar-refractivity contribution in [3.63, 3.8) is 0 Å². The zero-order valence-corrected chi connectivity index (χ0v) is 17.4. The van der Waals surface area contributed by atoms with Crippen LogP contribution in [0.4, 0.5) is 4.39 Å². The molecule has 1 unspecified atom stereocenters. The Bertz CT molecular complexity index is 871. The Balaban J connectivity index is 1.58. The van der Waals surface area contributed by atoms with Crippen molar-refractivity contribution in [3.05, 3.63) is 71.0 Å². The lowest BCUT2D eigenvalue weighted by Gasteiger charge is -2.25. The number of amides is 2. The van der Waals surface area contributed by atoms with E-state index in [-0.39, 0.29) is 42.1 Å². The van der Waals surface area contributed by atoms with Crippen molar-refractivity contribution in [2.24, 2.45) is 0 Å². The predicted octanol–water partition coefficient (Wildman–Crippen LogP) is 4.32. The van der Waals surface area contributed by atoms with Crippen molar-refractivity contribution < 1.29 is 14.0 Å². The number of nitrogens with one attached hydrogen (secondary N) is 1. The number of hydrogen-bond acceptors (Lipinski definition) is 2. The van der Waals surface area contributed by atoms with Crippen LogP contribution in [0.1, 0.15) is 56.7 Å². The molecule has 0 saturated carbocycles. The van der Waals surface area contributed by atoms with E-state index in [4.69, 9.17) is 0 Å². The van der Waals surface area contributed by atoms with E-state index < -0.39 is 0 Å². The molecule has 1 N–H and O–H groups in total. The minimum Gasteiger partial charge on any atom is -0.352 e. The van der Waals surface area contributed by atoms with Crippen LogP contribution in [0.5, 0.6) is 0 Å². The second-order valence-electron chi connectivity index (χ2n) is 8.73. The molecule has 1 aliphatic heterocycles. The second kappa shape index (κ2) is 8.76. The summed E-state index contributed by atoms with van der Waals surface area (Å²) in [5.74, 6) is -0.415. The van der Waals surface area contributed by atoms with E-state index in [1.807, 2.05) is 0 Å². The van der Waals surface area contributed by atoms with Gasteiger partial charge in [-0.05, 0) is 29.0 Å². The van der Waals surface area contributed by atoms with E-state index in [0.717, 1.165) is 5.56 Å². The summed E-state index contributed by atoms with van der Waals surface area (Å²) >= 11 is 0. The van der Waals surface area contributed by atoms with Crippen molar-refractivity contribution >= 4 is 11.8 Å². The number of carbonyl (C=O) groups excluding carboxylic acids is 2. The number of rotatable bonds is 6. The van der Waals surface area contributed by atoms with E-state index in [1.165, 1.54) is 11.6 Å². The Morgan fingerprint density at radius 2 is 1.83 bits per heavy atom. The van der Waals surface area contributed by atoms with Gasteiger partial charge in [0, 0.05) is 37.5 Å². The molecule has 0 aliphatic carbocycles. The van der Waals surface area contributed by atoms with Crippen LogP contribution < -0.4 is 5.32 Å². The quantitative estimate of drug-likeness (QED) is 0.791. The van der Waals surface area contributed by atoms with E-state index >= 15 is 0 Å². The zero-order valence-electron chi connectivity index (χ0n) is 17.4. The van der Waals surface area contributed by atoms with Gasteiger partial charge in [0.15, 0.2) is 0 Å². The summed E-state index contributed by atoms with van der Waals surface area (Å²) < 4.78 is 13.7. The molecule has 0 aromatic heterocycles. The smallest absolute Gasteiger partial charge is 0.223 e. The Morgan fingerprint density at radius 1 is 1.14 bits per heavy atom. The summed E-state index contributed by atoms with van der Waals surface area (Å²) in [7, 11) is 0. The minimum atomic E-state index is -0.329. The highest BCUT2D eigenvalue weighted by atomic mass is 19.1. The monoisotopic (exact) mass is 396 g/mol. The summed E-state index contributed by atoms with van der Waals surface area (Å²) in [5.41, 5.74) is 2.85. The van der Waals surface area contributed by atoms with Crippen molar-refractivity contribution in [3.8, 4) is 0 Å². The molecule has 1 fully saturated rings. The molecule has 0 bridgehead atoms. The van der Waals surface area contributed by atoms with Gasteiger partial charge in [0.05, 0.1) is 0 Å². The van der Waals surface area contributed by atoms with Crippen molar-refractivity contribution in [1.82, 2.24) is 10.2 Å². The average molecular weight is 397 g/mol. The first kappa shape index (κ1) is 21.0. The third-order valence-electron chi connectivity index (χ3n) is 5.48. The number of hydrogen-bond donors (Lipinski definition) is 1. The van der Waals surface area contributed by atoms with E-state index in [1.54, 1.807) is 23.1 Å². The SMILES string of the molecule is CC(C)(C)c1ccc(CN2C(=O)CCC2CC(=O)NCc2ccccc2F)cc1. The Morgan fingerprint density at radius 3 is 2.48 bits per heavy atom. The molecule has 2 aromatic rings. The van der Waals surface area contributed by atoms with Gasteiger partial charge in [0.2, 0.25) is 11.8 Å². The maximum atomic E-state index is 13.7. The topological polar surface area (TPSA) is 49.4 Å². The molecule has 1 atom stereocenters. The van der Waals surface area contributed by atoms with Gasteiger partial charge in [-0.15, -0.1) is 0 Å². The molecule has 29 heavy (non-hydrogen) atoms. The van der Waals surface area contributed by atoms with E-state index in [0.29, 0.717) is 24.9 Å². The van der Waals surface area contributed by atoms with Crippen LogP contribution in [0.25, 0.3) is 0 Å². The van der Waals surface area contributed by atoms with E-state index in [9.17, 15) is 14.0 Å². The summed E-state index contributed by atoms with van der Waals surface area (Å²) in [4.78, 5) is 26.5. The molecular formula is C24H29FN2O2. The lowest BCUT2D eigenvalue weighted by molar-refractivity contribution is -0.130. The molecule has 1 aliphatic rings. The van der Waals surface area contributed by atoms with Crippen molar-refractivity contribution in [1.29, 1.82) is 0 Å². The van der Waals surface area contributed by atoms with Crippen LogP contribution in [0.3, 0.4) is 0 Å². The highest BCUT2D eigenvalue weighted by Gasteiger charge is 2.32. The number of nitrogens with zero attached hydrogens (tertiary/aromatic N) is 1. The van der Waals surface area contributed by atoms with Crippen LogP contribution in [0, 0.1) is 5.82 Å². The van der Waals surface area contributed by atoms with Gasteiger partial charge in [0.25, 0.3) is 0 Å². The van der Waals surface area contributed by atoms with Crippen LogP contribution in [-0.4, -0.2) is 22.8 Å². The molecule has 3 rings (SSSR count). The molecule has 4 nitrogen and oxygen atoms in total. The zero-order chi connectivity index (χ0) is 21.0. The molecule has 1 heterocycles. The average Bonchev–Trinajstić information content (AvgIpc) is 3.00. The van der Waals surface area contributed by atoms with Crippen LogP contribution >= 0.6 is 0 Å². The molecule has 1 saturated heterocycles. The molecule has 0 radical (unpaired) electrons. The maximum Gasteiger partial charge on any atom is 0.223 e. The third kappa shape index (κ3) is 5.43. The van der Waals surface area contributed by atoms with Gasteiger partial charge in [-0.25, -0.2) is 4.39 Å². The van der Waals surface area contributed by atoms with Gasteiger partial charge >= 0.3 is 0 Å². The number of carbonyl (C=O) groups is 2. The van der Waals surface area contributed by atoms with Crippen molar-refractivity contribution in [2.45, 2.75) is 64.6 Å². The predicted molar refractivity (Wildman–Crippen MR) is 112 cm³/mol. The normalized spacial score (nSPS) is 16.9. The maximum absolute atomic E-state index is 13.7. The first-order chi connectivity index (χ1) is 13.7.